The average Bonchev–Trinajstić information content (AvgIpc) is 2.73. The predicted molar refractivity (Wildman–Crippen MR) is 77.8 cm³/mol. The van der Waals surface area contributed by atoms with E-state index < -0.39 is 0 Å². The molecule has 0 spiro atoms. The van der Waals surface area contributed by atoms with Crippen molar-refractivity contribution in [1.29, 1.82) is 0 Å². The second kappa shape index (κ2) is 5.64. The smallest absolute Gasteiger partial charge is 0.157 e. The van der Waals surface area contributed by atoms with Crippen LogP contribution >= 0.6 is 11.8 Å². The van der Waals surface area contributed by atoms with Gasteiger partial charge in [-0.3, -0.25) is 4.99 Å². The van der Waals surface area contributed by atoms with Crippen molar-refractivity contribution in [3.63, 3.8) is 0 Å². The van der Waals surface area contributed by atoms with Crippen molar-refractivity contribution < 1.29 is 0 Å². The summed E-state index contributed by atoms with van der Waals surface area (Å²) in [6.45, 7) is 6.85. The summed E-state index contributed by atoms with van der Waals surface area (Å²) in [6, 6.07) is 0.504. The van der Waals surface area contributed by atoms with Crippen LogP contribution in [-0.2, 0) is 0 Å². The zero-order chi connectivity index (χ0) is 12.3. The predicted octanol–water partition coefficient (Wildman–Crippen LogP) is 3.82. The molecule has 2 rings (SSSR count). The first kappa shape index (κ1) is 13.3. The molecule has 2 unspecified atom stereocenters. The van der Waals surface area contributed by atoms with Gasteiger partial charge in [-0.15, -0.1) is 0 Å². The molecule has 3 heteroatoms. The first-order valence-electron chi connectivity index (χ1n) is 7.12. The lowest BCUT2D eigenvalue weighted by molar-refractivity contribution is 0.317. The molecular formula is C14H26N2S. The molecule has 1 heterocycles. The maximum atomic E-state index is 4.91. The highest BCUT2D eigenvalue weighted by Crippen LogP contribution is 2.30. The van der Waals surface area contributed by atoms with Gasteiger partial charge >= 0.3 is 0 Å². The van der Waals surface area contributed by atoms with Crippen molar-refractivity contribution in [3.05, 3.63) is 0 Å². The van der Waals surface area contributed by atoms with E-state index in [1.54, 1.807) is 0 Å². The number of rotatable bonds is 3. The average molecular weight is 254 g/mol. The molecule has 2 atom stereocenters. The first-order valence-corrected chi connectivity index (χ1v) is 8.10. The van der Waals surface area contributed by atoms with Gasteiger partial charge in [-0.1, -0.05) is 37.9 Å². The summed E-state index contributed by atoms with van der Waals surface area (Å²) in [6.07, 6.45) is 8.19. The number of aliphatic imine (C=N–C) groups is 1. The van der Waals surface area contributed by atoms with Crippen LogP contribution in [0.4, 0.5) is 0 Å². The van der Waals surface area contributed by atoms with Crippen molar-refractivity contribution in [1.82, 2.24) is 5.32 Å². The molecular weight excluding hydrogens is 228 g/mol. The van der Waals surface area contributed by atoms with E-state index in [0.29, 0.717) is 6.04 Å². The quantitative estimate of drug-likeness (QED) is 0.828. The van der Waals surface area contributed by atoms with Gasteiger partial charge in [0.1, 0.15) is 0 Å². The van der Waals surface area contributed by atoms with E-state index in [0.717, 1.165) is 5.92 Å². The summed E-state index contributed by atoms with van der Waals surface area (Å²) in [5.74, 6) is 1.99. The van der Waals surface area contributed by atoms with Crippen LogP contribution in [0.3, 0.4) is 0 Å². The van der Waals surface area contributed by atoms with Crippen molar-refractivity contribution in [2.24, 2.45) is 10.9 Å². The fourth-order valence-electron chi connectivity index (χ4n) is 2.72. The van der Waals surface area contributed by atoms with Crippen LogP contribution in [-0.4, -0.2) is 22.5 Å². The Hall–Kier alpha value is -0.180. The second-order valence-corrected chi connectivity index (χ2v) is 6.86. The fourth-order valence-corrected chi connectivity index (χ4v) is 4.02. The van der Waals surface area contributed by atoms with E-state index >= 15 is 0 Å². The van der Waals surface area contributed by atoms with Gasteiger partial charge in [0.2, 0.25) is 0 Å². The molecule has 1 saturated carbocycles. The zero-order valence-corrected chi connectivity index (χ0v) is 12.3. The molecule has 0 aromatic carbocycles. The van der Waals surface area contributed by atoms with Crippen molar-refractivity contribution in [2.75, 3.05) is 5.75 Å². The van der Waals surface area contributed by atoms with E-state index in [9.17, 15) is 0 Å². The van der Waals surface area contributed by atoms with Gasteiger partial charge in [0.15, 0.2) is 5.17 Å². The molecule has 0 aromatic heterocycles. The third kappa shape index (κ3) is 3.40. The third-order valence-corrected chi connectivity index (χ3v) is 5.63. The van der Waals surface area contributed by atoms with Gasteiger partial charge in [0.25, 0.3) is 0 Å². The maximum absolute atomic E-state index is 4.91. The lowest BCUT2D eigenvalue weighted by Crippen LogP contribution is -2.40. The Morgan fingerprint density at radius 1 is 1.41 bits per heavy atom. The number of hydrogen-bond acceptors (Lipinski definition) is 2. The monoisotopic (exact) mass is 254 g/mol. The SMILES string of the molecule is CCC1(C)CSC(=NC(C)C2CCCCC2)N1. The molecule has 2 nitrogen and oxygen atoms in total. The molecule has 0 bridgehead atoms. The Morgan fingerprint density at radius 3 is 2.71 bits per heavy atom. The van der Waals surface area contributed by atoms with Crippen molar-refractivity contribution in [2.45, 2.75) is 70.9 Å². The van der Waals surface area contributed by atoms with E-state index in [1.165, 1.54) is 49.4 Å². The van der Waals surface area contributed by atoms with Gasteiger partial charge < -0.3 is 5.32 Å². The summed E-state index contributed by atoms with van der Waals surface area (Å²) in [5, 5.41) is 4.79. The van der Waals surface area contributed by atoms with Crippen LogP contribution < -0.4 is 5.32 Å². The first-order chi connectivity index (χ1) is 8.13. The highest BCUT2D eigenvalue weighted by atomic mass is 32.2. The minimum Gasteiger partial charge on any atom is -0.359 e. The lowest BCUT2D eigenvalue weighted by Gasteiger charge is -2.26. The molecule has 2 aliphatic rings. The van der Waals surface area contributed by atoms with Crippen LogP contribution in [0.2, 0.25) is 0 Å². The molecule has 2 fully saturated rings. The molecule has 1 N–H and O–H groups in total. The van der Waals surface area contributed by atoms with E-state index in [1.807, 2.05) is 11.8 Å². The summed E-state index contributed by atoms with van der Waals surface area (Å²) >= 11 is 1.91. The Morgan fingerprint density at radius 2 is 2.12 bits per heavy atom. The molecule has 1 aliphatic heterocycles. The van der Waals surface area contributed by atoms with Crippen LogP contribution in [0.25, 0.3) is 0 Å². The van der Waals surface area contributed by atoms with E-state index in [-0.39, 0.29) is 5.54 Å². The maximum Gasteiger partial charge on any atom is 0.157 e. The van der Waals surface area contributed by atoms with Crippen molar-refractivity contribution >= 4 is 16.9 Å². The van der Waals surface area contributed by atoms with Gasteiger partial charge in [0.05, 0.1) is 6.04 Å². The molecule has 0 radical (unpaired) electrons. The van der Waals surface area contributed by atoms with E-state index in [2.05, 4.69) is 26.1 Å². The van der Waals surface area contributed by atoms with E-state index in [4.69, 9.17) is 4.99 Å². The molecule has 98 valence electrons. The van der Waals surface area contributed by atoms with Gasteiger partial charge in [-0.2, -0.15) is 0 Å². The summed E-state index contributed by atoms with van der Waals surface area (Å²) in [4.78, 5) is 4.91. The number of nitrogens with one attached hydrogen (secondary N) is 1. The zero-order valence-electron chi connectivity index (χ0n) is 11.5. The number of amidine groups is 1. The largest absolute Gasteiger partial charge is 0.359 e. The fraction of sp³-hybridized carbons (Fsp3) is 0.929. The highest BCUT2D eigenvalue weighted by Gasteiger charge is 2.31. The summed E-state index contributed by atoms with van der Waals surface area (Å²) in [5.41, 5.74) is 0.274. The number of hydrogen-bond donors (Lipinski definition) is 1. The van der Waals surface area contributed by atoms with Crippen LogP contribution in [0.5, 0.6) is 0 Å². The van der Waals surface area contributed by atoms with Crippen molar-refractivity contribution in [3.8, 4) is 0 Å². The Labute approximate surface area is 110 Å². The Bertz CT molecular complexity index is 284. The van der Waals surface area contributed by atoms with Crippen LogP contribution in [0, 0.1) is 5.92 Å². The standard InChI is InChI=1S/C14H26N2S/c1-4-14(3)10-17-13(16-14)15-11(2)12-8-6-5-7-9-12/h11-12H,4-10H2,1-3H3,(H,15,16). The third-order valence-electron chi connectivity index (χ3n) is 4.37. The molecule has 0 amide bonds. The van der Waals surface area contributed by atoms with Crippen LogP contribution in [0.15, 0.2) is 4.99 Å². The minimum atomic E-state index is 0.274. The number of thioether (sulfide) groups is 1. The van der Waals surface area contributed by atoms with Gasteiger partial charge in [-0.25, -0.2) is 0 Å². The van der Waals surface area contributed by atoms with Crippen LogP contribution in [0.1, 0.15) is 59.3 Å². The second-order valence-electron chi connectivity index (χ2n) is 5.90. The topological polar surface area (TPSA) is 24.4 Å². The number of nitrogens with zero attached hydrogens (tertiary/aromatic N) is 1. The molecule has 1 saturated heterocycles. The summed E-state index contributed by atoms with van der Waals surface area (Å²) in [7, 11) is 0. The Kier molecular flexibility index (Phi) is 4.40. The highest BCUT2D eigenvalue weighted by molar-refractivity contribution is 8.14. The summed E-state index contributed by atoms with van der Waals surface area (Å²) < 4.78 is 0. The molecule has 17 heavy (non-hydrogen) atoms. The molecule has 1 aliphatic carbocycles. The lowest BCUT2D eigenvalue weighted by atomic mass is 9.85. The van der Waals surface area contributed by atoms with Gasteiger partial charge in [-0.05, 0) is 39.0 Å². The minimum absolute atomic E-state index is 0.274. The normalized spacial score (nSPS) is 34.9. The Balaban J connectivity index is 1.91. The van der Waals surface area contributed by atoms with Gasteiger partial charge in [0, 0.05) is 11.3 Å². The molecule has 0 aromatic rings.